The number of rotatable bonds is 4. The number of hydrogen-bond acceptors (Lipinski definition) is 2. The first-order valence-electron chi connectivity index (χ1n) is 9.24. The van der Waals surface area contributed by atoms with Crippen molar-refractivity contribution in [2.24, 2.45) is 0 Å². The largest absolute Gasteiger partial charge is 0.416 e. The van der Waals surface area contributed by atoms with Gasteiger partial charge in [0.2, 0.25) is 0 Å². The smallest absolute Gasteiger partial charge is 0.322 e. The van der Waals surface area contributed by atoms with Crippen LogP contribution in [-0.2, 0) is 12.7 Å². The van der Waals surface area contributed by atoms with Crippen molar-refractivity contribution in [2.75, 3.05) is 18.4 Å². The Kier molecular flexibility index (Phi) is 6.45. The fraction of sp³-hybridized carbons (Fsp3) is 0.381. The van der Waals surface area contributed by atoms with Gasteiger partial charge >= 0.3 is 6.18 Å². The first-order valence-corrected chi connectivity index (χ1v) is 10.0. The van der Waals surface area contributed by atoms with Crippen LogP contribution in [-0.4, -0.2) is 23.9 Å². The highest BCUT2D eigenvalue weighted by molar-refractivity contribution is 9.10. The first kappa shape index (κ1) is 20.9. The third kappa shape index (κ3) is 5.14. The number of likely N-dealkylation sites (tertiary alicyclic amines) is 1. The summed E-state index contributed by atoms with van der Waals surface area (Å²) in [5, 5.41) is 2.66. The molecule has 1 fully saturated rings. The Labute approximate surface area is 171 Å². The van der Waals surface area contributed by atoms with E-state index in [4.69, 9.17) is 0 Å². The van der Waals surface area contributed by atoms with Crippen molar-refractivity contribution in [3.05, 3.63) is 63.1 Å². The molecule has 1 N–H and O–H groups in total. The number of carbonyl (C=O) groups is 1. The molecule has 1 aliphatic heterocycles. The summed E-state index contributed by atoms with van der Waals surface area (Å²) in [6.07, 6.45) is -1.37. The van der Waals surface area contributed by atoms with Gasteiger partial charge in [-0.15, -0.1) is 0 Å². The van der Waals surface area contributed by atoms with Crippen molar-refractivity contribution < 1.29 is 18.0 Å². The molecule has 0 bridgehead atoms. The highest BCUT2D eigenvalue weighted by Gasteiger charge is 2.34. The van der Waals surface area contributed by atoms with E-state index in [1.165, 1.54) is 12.1 Å². The van der Waals surface area contributed by atoms with Crippen molar-refractivity contribution in [1.82, 2.24) is 4.90 Å². The number of benzene rings is 2. The molecular formula is C21H22BrF3N2O. The van der Waals surface area contributed by atoms with Gasteiger partial charge in [-0.05, 0) is 68.2 Å². The lowest BCUT2D eigenvalue weighted by Gasteiger charge is -2.27. The SMILES string of the molecule is Cc1ccc(NC(=O)c2ccc(CN3CCCCC3)c(C(F)(F)F)c2)cc1Br. The third-order valence-electron chi connectivity index (χ3n) is 4.95. The summed E-state index contributed by atoms with van der Waals surface area (Å²) in [7, 11) is 0. The summed E-state index contributed by atoms with van der Waals surface area (Å²) in [6.45, 7) is 3.78. The Balaban J connectivity index is 1.82. The van der Waals surface area contributed by atoms with Crippen molar-refractivity contribution in [1.29, 1.82) is 0 Å². The highest BCUT2D eigenvalue weighted by atomic mass is 79.9. The molecule has 2 aromatic carbocycles. The van der Waals surface area contributed by atoms with Crippen LogP contribution in [0.1, 0.15) is 46.3 Å². The Bertz CT molecular complexity index is 861. The van der Waals surface area contributed by atoms with Gasteiger partial charge in [0.05, 0.1) is 5.56 Å². The molecule has 1 amide bonds. The van der Waals surface area contributed by atoms with Gasteiger partial charge in [0, 0.05) is 22.3 Å². The fourth-order valence-electron chi connectivity index (χ4n) is 3.35. The van der Waals surface area contributed by atoms with Crippen LogP contribution in [0.4, 0.5) is 18.9 Å². The minimum atomic E-state index is -4.51. The van der Waals surface area contributed by atoms with Crippen molar-refractivity contribution >= 4 is 27.5 Å². The number of anilines is 1. The molecule has 2 aromatic rings. The molecule has 3 rings (SSSR count). The molecule has 0 aliphatic carbocycles. The molecular weight excluding hydrogens is 433 g/mol. The predicted molar refractivity (Wildman–Crippen MR) is 107 cm³/mol. The Morgan fingerprint density at radius 2 is 1.82 bits per heavy atom. The second-order valence-corrected chi connectivity index (χ2v) is 7.98. The van der Waals surface area contributed by atoms with Crippen LogP contribution in [0.25, 0.3) is 0 Å². The molecule has 150 valence electrons. The van der Waals surface area contributed by atoms with Crippen molar-refractivity contribution in [3.8, 4) is 0 Å². The summed E-state index contributed by atoms with van der Waals surface area (Å²) in [5.74, 6) is -0.564. The molecule has 0 spiro atoms. The van der Waals surface area contributed by atoms with E-state index < -0.39 is 17.6 Å². The van der Waals surface area contributed by atoms with Gasteiger partial charge in [-0.3, -0.25) is 9.69 Å². The summed E-state index contributed by atoms with van der Waals surface area (Å²) in [6, 6.07) is 9.11. The minimum absolute atomic E-state index is 0.00795. The molecule has 7 heteroatoms. The van der Waals surface area contributed by atoms with Crippen LogP contribution >= 0.6 is 15.9 Å². The Morgan fingerprint density at radius 1 is 1.11 bits per heavy atom. The van der Waals surface area contributed by atoms with Crippen molar-refractivity contribution in [3.63, 3.8) is 0 Å². The van der Waals surface area contributed by atoms with Crippen LogP contribution in [0, 0.1) is 6.92 Å². The number of nitrogens with zero attached hydrogens (tertiary/aromatic N) is 1. The van der Waals surface area contributed by atoms with Gasteiger partial charge in [-0.1, -0.05) is 34.5 Å². The number of nitrogens with one attached hydrogen (secondary N) is 1. The number of aryl methyl sites for hydroxylation is 1. The molecule has 1 aliphatic rings. The van der Waals surface area contributed by atoms with E-state index in [0.29, 0.717) is 5.69 Å². The topological polar surface area (TPSA) is 32.3 Å². The lowest BCUT2D eigenvalue weighted by Crippen LogP contribution is -2.30. The van der Waals surface area contributed by atoms with Gasteiger partial charge in [-0.25, -0.2) is 0 Å². The minimum Gasteiger partial charge on any atom is -0.322 e. The molecule has 0 atom stereocenters. The van der Waals surface area contributed by atoms with Gasteiger partial charge in [0.15, 0.2) is 0 Å². The molecule has 0 radical (unpaired) electrons. The van der Waals surface area contributed by atoms with Gasteiger partial charge in [-0.2, -0.15) is 13.2 Å². The van der Waals surface area contributed by atoms with E-state index in [2.05, 4.69) is 21.2 Å². The van der Waals surface area contributed by atoms with E-state index in [0.717, 1.165) is 48.5 Å². The number of carbonyl (C=O) groups excluding carboxylic acids is 1. The Morgan fingerprint density at radius 3 is 2.46 bits per heavy atom. The fourth-order valence-corrected chi connectivity index (χ4v) is 3.73. The van der Waals surface area contributed by atoms with Crippen LogP contribution in [0.2, 0.25) is 0 Å². The lowest BCUT2D eigenvalue weighted by molar-refractivity contribution is -0.138. The van der Waals surface area contributed by atoms with Crippen LogP contribution in [0.5, 0.6) is 0 Å². The van der Waals surface area contributed by atoms with Crippen LogP contribution in [0.3, 0.4) is 0 Å². The number of halogens is 4. The summed E-state index contributed by atoms with van der Waals surface area (Å²) < 4.78 is 41.7. The monoisotopic (exact) mass is 454 g/mol. The molecule has 0 unspecified atom stereocenters. The average Bonchev–Trinajstić information content (AvgIpc) is 2.65. The highest BCUT2D eigenvalue weighted by Crippen LogP contribution is 2.34. The van der Waals surface area contributed by atoms with E-state index in [1.54, 1.807) is 12.1 Å². The van der Waals surface area contributed by atoms with Crippen molar-refractivity contribution in [2.45, 2.75) is 38.9 Å². The maximum absolute atomic E-state index is 13.6. The second kappa shape index (κ2) is 8.66. The van der Waals surface area contributed by atoms with Gasteiger partial charge in [0.1, 0.15) is 0 Å². The van der Waals surface area contributed by atoms with Crippen LogP contribution < -0.4 is 5.32 Å². The van der Waals surface area contributed by atoms with Gasteiger partial charge in [0.25, 0.3) is 5.91 Å². The van der Waals surface area contributed by atoms with E-state index in [-0.39, 0.29) is 17.7 Å². The van der Waals surface area contributed by atoms with E-state index in [1.807, 2.05) is 17.9 Å². The average molecular weight is 455 g/mol. The molecule has 0 aromatic heterocycles. The lowest BCUT2D eigenvalue weighted by atomic mass is 10.0. The molecule has 3 nitrogen and oxygen atoms in total. The summed E-state index contributed by atoms with van der Waals surface area (Å²) in [4.78, 5) is 14.5. The zero-order chi connectivity index (χ0) is 20.3. The standard InChI is InChI=1S/C21H22BrF3N2O/c1-14-5-8-17(12-19(14)22)26-20(28)15-6-7-16(18(11-15)21(23,24)25)13-27-9-3-2-4-10-27/h5-8,11-12H,2-4,9-10,13H2,1H3,(H,26,28). The number of amides is 1. The first-order chi connectivity index (χ1) is 13.2. The predicted octanol–water partition coefficient (Wildman–Crippen LogP) is 6.01. The third-order valence-corrected chi connectivity index (χ3v) is 5.80. The molecule has 1 heterocycles. The normalized spacial score (nSPS) is 15.5. The Hall–Kier alpha value is -1.86. The maximum Gasteiger partial charge on any atom is 0.416 e. The quantitative estimate of drug-likeness (QED) is 0.612. The van der Waals surface area contributed by atoms with E-state index in [9.17, 15) is 18.0 Å². The van der Waals surface area contributed by atoms with Gasteiger partial charge < -0.3 is 5.32 Å². The maximum atomic E-state index is 13.6. The molecule has 0 saturated carbocycles. The number of piperidine rings is 1. The van der Waals surface area contributed by atoms with E-state index >= 15 is 0 Å². The number of alkyl halides is 3. The zero-order valence-electron chi connectivity index (χ0n) is 15.6. The summed E-state index contributed by atoms with van der Waals surface area (Å²) in [5.41, 5.74) is 0.985. The zero-order valence-corrected chi connectivity index (χ0v) is 17.2. The molecule has 28 heavy (non-hydrogen) atoms. The molecule has 1 saturated heterocycles. The summed E-state index contributed by atoms with van der Waals surface area (Å²) >= 11 is 3.38. The second-order valence-electron chi connectivity index (χ2n) is 7.12. The van der Waals surface area contributed by atoms with Crippen LogP contribution in [0.15, 0.2) is 40.9 Å². The number of hydrogen-bond donors (Lipinski definition) is 1.